The van der Waals surface area contributed by atoms with E-state index in [2.05, 4.69) is 5.32 Å². The first kappa shape index (κ1) is 16.4. The van der Waals surface area contributed by atoms with Crippen LogP contribution in [0.3, 0.4) is 0 Å². The van der Waals surface area contributed by atoms with Gasteiger partial charge in [0.25, 0.3) is 5.91 Å². The van der Waals surface area contributed by atoms with Gasteiger partial charge in [-0.25, -0.2) is 0 Å². The molecular formula is C17H25N2O4. The molecule has 3 N–H and O–H groups in total. The highest BCUT2D eigenvalue weighted by Crippen LogP contribution is 2.47. The summed E-state index contributed by atoms with van der Waals surface area (Å²) < 4.78 is 5.48. The Bertz CT molecular complexity index is 515. The first-order chi connectivity index (χ1) is 11.0. The van der Waals surface area contributed by atoms with Crippen LogP contribution in [-0.4, -0.2) is 35.3 Å². The van der Waals surface area contributed by atoms with Crippen molar-refractivity contribution in [2.24, 2.45) is 11.7 Å². The minimum atomic E-state index is -1.36. The van der Waals surface area contributed by atoms with E-state index in [-0.39, 0.29) is 18.3 Å². The van der Waals surface area contributed by atoms with Crippen molar-refractivity contribution in [3.63, 3.8) is 0 Å². The number of nitrogens with one attached hydrogen (secondary N) is 1. The zero-order valence-corrected chi connectivity index (χ0v) is 13.4. The second-order valence-electron chi connectivity index (χ2n) is 7.10. The second-order valence-corrected chi connectivity index (χ2v) is 7.10. The molecule has 1 heterocycles. The van der Waals surface area contributed by atoms with Gasteiger partial charge >= 0.3 is 0 Å². The first-order valence-corrected chi connectivity index (χ1v) is 8.63. The molecule has 1 radical (unpaired) electrons. The van der Waals surface area contributed by atoms with Crippen LogP contribution in [-0.2, 0) is 19.1 Å². The minimum absolute atomic E-state index is 0.161. The van der Waals surface area contributed by atoms with Gasteiger partial charge in [-0.05, 0) is 31.6 Å². The molecule has 0 spiro atoms. The molecule has 3 rings (SSSR count). The summed E-state index contributed by atoms with van der Waals surface area (Å²) >= 11 is 0. The summed E-state index contributed by atoms with van der Waals surface area (Å²) in [5.74, 6) is -0.643. The quantitative estimate of drug-likeness (QED) is 0.790. The van der Waals surface area contributed by atoms with Crippen molar-refractivity contribution in [2.45, 2.75) is 68.9 Å². The van der Waals surface area contributed by atoms with E-state index >= 15 is 0 Å². The predicted octanol–water partition coefficient (Wildman–Crippen LogP) is 1.02. The Hall–Kier alpha value is -1.43. The molecule has 6 heteroatoms. The van der Waals surface area contributed by atoms with Gasteiger partial charge in [-0.2, -0.15) is 0 Å². The number of rotatable bonds is 5. The molecule has 0 bridgehead atoms. The number of amides is 2. The lowest BCUT2D eigenvalue weighted by Gasteiger charge is -2.35. The fourth-order valence-corrected chi connectivity index (χ4v) is 4.49. The third-order valence-corrected chi connectivity index (χ3v) is 5.79. The SMILES string of the molecule is NC(=O)C12CCCC1(NC(=O)[CH]CC1CCCCC1)C(=O)CO2. The van der Waals surface area contributed by atoms with Gasteiger partial charge in [-0.1, -0.05) is 32.1 Å². The molecule has 127 valence electrons. The summed E-state index contributed by atoms with van der Waals surface area (Å²) in [6.45, 7) is -0.161. The van der Waals surface area contributed by atoms with E-state index in [0.717, 1.165) is 19.3 Å². The van der Waals surface area contributed by atoms with Crippen LogP contribution in [0.25, 0.3) is 0 Å². The third kappa shape index (κ3) is 2.67. The average molecular weight is 321 g/mol. The molecule has 2 aliphatic carbocycles. The van der Waals surface area contributed by atoms with Crippen LogP contribution in [0.1, 0.15) is 57.8 Å². The van der Waals surface area contributed by atoms with Crippen LogP contribution < -0.4 is 11.1 Å². The number of primary amides is 1. The fraction of sp³-hybridized carbons (Fsp3) is 0.765. The topological polar surface area (TPSA) is 98.5 Å². The fourth-order valence-electron chi connectivity index (χ4n) is 4.49. The monoisotopic (exact) mass is 321 g/mol. The number of carbonyl (C=O) groups excluding carboxylic acids is 3. The van der Waals surface area contributed by atoms with Gasteiger partial charge in [0.15, 0.2) is 11.4 Å². The molecule has 6 nitrogen and oxygen atoms in total. The standard InChI is InChI=1S/C17H25N2O4/c18-15(22)17-10-4-9-16(17,13(20)11-23-17)19-14(21)8-7-12-5-2-1-3-6-12/h8,12H,1-7,9-11H2,(H2,18,22)(H,19,21). The maximum atomic E-state index is 12.4. The van der Waals surface area contributed by atoms with Gasteiger partial charge in [0, 0.05) is 6.42 Å². The van der Waals surface area contributed by atoms with Crippen LogP contribution in [0.4, 0.5) is 0 Å². The maximum Gasteiger partial charge on any atom is 0.252 e. The molecule has 0 aromatic carbocycles. The van der Waals surface area contributed by atoms with Crippen molar-refractivity contribution >= 4 is 17.6 Å². The molecule has 1 saturated heterocycles. The summed E-state index contributed by atoms with van der Waals surface area (Å²) in [4.78, 5) is 36.7. The lowest BCUT2D eigenvalue weighted by molar-refractivity contribution is -0.144. The third-order valence-electron chi connectivity index (χ3n) is 5.79. The van der Waals surface area contributed by atoms with Crippen molar-refractivity contribution in [1.29, 1.82) is 0 Å². The molecule has 1 aliphatic heterocycles. The van der Waals surface area contributed by atoms with E-state index in [0.29, 0.717) is 25.2 Å². The Morgan fingerprint density at radius 1 is 1.22 bits per heavy atom. The molecule has 2 unspecified atom stereocenters. The highest BCUT2D eigenvalue weighted by Gasteiger charge is 2.68. The maximum absolute atomic E-state index is 12.4. The van der Waals surface area contributed by atoms with Crippen LogP contribution in [0.5, 0.6) is 0 Å². The summed E-state index contributed by atoms with van der Waals surface area (Å²) in [5, 5.41) is 2.80. The predicted molar refractivity (Wildman–Crippen MR) is 83.1 cm³/mol. The van der Waals surface area contributed by atoms with Crippen LogP contribution in [0.2, 0.25) is 0 Å². The second kappa shape index (κ2) is 6.23. The van der Waals surface area contributed by atoms with Gasteiger partial charge in [0.2, 0.25) is 5.91 Å². The van der Waals surface area contributed by atoms with Crippen molar-refractivity contribution in [3.05, 3.63) is 6.42 Å². The smallest absolute Gasteiger partial charge is 0.252 e. The summed E-state index contributed by atoms with van der Waals surface area (Å²) in [6.07, 6.45) is 9.82. The molecular weight excluding hydrogens is 296 g/mol. The Kier molecular flexibility index (Phi) is 4.45. The highest BCUT2D eigenvalue weighted by atomic mass is 16.5. The van der Waals surface area contributed by atoms with E-state index < -0.39 is 17.0 Å². The minimum Gasteiger partial charge on any atom is -0.367 e. The van der Waals surface area contributed by atoms with Crippen molar-refractivity contribution in [2.75, 3.05) is 6.61 Å². The number of Topliss-reactive ketones (excluding diaryl/α,β-unsaturated/α-hetero) is 1. The number of nitrogens with two attached hydrogens (primary N) is 1. The summed E-state index contributed by atoms with van der Waals surface area (Å²) in [6, 6.07) is 0. The molecule has 2 amide bonds. The molecule has 3 fully saturated rings. The lowest BCUT2D eigenvalue weighted by Crippen LogP contribution is -2.66. The van der Waals surface area contributed by atoms with E-state index in [4.69, 9.17) is 10.5 Å². The highest BCUT2D eigenvalue weighted by molar-refractivity contribution is 6.05. The number of ketones is 1. The Morgan fingerprint density at radius 3 is 2.65 bits per heavy atom. The van der Waals surface area contributed by atoms with Crippen molar-refractivity contribution in [1.82, 2.24) is 5.32 Å². The Labute approximate surface area is 136 Å². The molecule has 2 saturated carbocycles. The van der Waals surface area contributed by atoms with Crippen LogP contribution in [0.15, 0.2) is 0 Å². The normalized spacial score (nSPS) is 34.3. The van der Waals surface area contributed by atoms with Gasteiger partial charge < -0.3 is 15.8 Å². The number of carbonyl (C=O) groups is 3. The van der Waals surface area contributed by atoms with E-state index in [1.165, 1.54) is 19.3 Å². The average Bonchev–Trinajstić information content (AvgIpc) is 3.03. The van der Waals surface area contributed by atoms with Crippen LogP contribution in [0, 0.1) is 12.3 Å². The zero-order valence-electron chi connectivity index (χ0n) is 13.4. The van der Waals surface area contributed by atoms with Crippen molar-refractivity contribution < 1.29 is 19.1 Å². The zero-order chi connectivity index (χ0) is 16.5. The largest absolute Gasteiger partial charge is 0.367 e. The van der Waals surface area contributed by atoms with E-state index in [1.54, 1.807) is 6.42 Å². The van der Waals surface area contributed by atoms with Gasteiger partial charge in [0.1, 0.15) is 12.1 Å². The number of hydrogen-bond donors (Lipinski definition) is 2. The summed E-state index contributed by atoms with van der Waals surface area (Å²) in [7, 11) is 0. The Balaban J connectivity index is 1.66. The summed E-state index contributed by atoms with van der Waals surface area (Å²) in [5.41, 5.74) is 2.88. The van der Waals surface area contributed by atoms with Crippen LogP contribution >= 0.6 is 0 Å². The van der Waals surface area contributed by atoms with Gasteiger partial charge in [0.05, 0.1) is 0 Å². The lowest BCUT2D eigenvalue weighted by atomic mass is 9.80. The van der Waals surface area contributed by atoms with Gasteiger partial charge in [-0.3, -0.25) is 14.4 Å². The number of hydrogen-bond acceptors (Lipinski definition) is 4. The number of ether oxygens (including phenoxy) is 1. The molecule has 0 aromatic rings. The first-order valence-electron chi connectivity index (χ1n) is 8.63. The van der Waals surface area contributed by atoms with Gasteiger partial charge in [-0.15, -0.1) is 0 Å². The molecule has 23 heavy (non-hydrogen) atoms. The number of fused-ring (bicyclic) bond motifs is 1. The molecule has 0 aromatic heterocycles. The Morgan fingerprint density at radius 2 is 1.96 bits per heavy atom. The molecule has 2 atom stereocenters. The molecule has 3 aliphatic rings. The van der Waals surface area contributed by atoms with Crippen molar-refractivity contribution in [3.8, 4) is 0 Å². The van der Waals surface area contributed by atoms with E-state index in [1.807, 2.05) is 0 Å². The van der Waals surface area contributed by atoms with E-state index in [9.17, 15) is 14.4 Å².